The first-order valence-corrected chi connectivity index (χ1v) is 7.78. The molecule has 1 aliphatic rings. The maximum Gasteiger partial charge on any atom is 0.240 e. The highest BCUT2D eigenvalue weighted by molar-refractivity contribution is 5.81. The topological polar surface area (TPSA) is 79.2 Å². The molecule has 1 aromatic heterocycles. The first-order valence-electron chi connectivity index (χ1n) is 7.78. The molecule has 0 radical (unpaired) electrons. The Labute approximate surface area is 129 Å². The molecule has 22 heavy (non-hydrogen) atoms. The van der Waals surface area contributed by atoms with E-state index in [-0.39, 0.29) is 24.5 Å². The fourth-order valence-electron chi connectivity index (χ4n) is 2.94. The summed E-state index contributed by atoms with van der Waals surface area (Å²) in [5, 5.41) is 15.8. The van der Waals surface area contributed by atoms with Gasteiger partial charge in [-0.15, -0.1) is 0 Å². The number of hydrogen-bond donors (Lipinski definition) is 3. The molecule has 118 valence electrons. The van der Waals surface area contributed by atoms with Crippen LogP contribution in [-0.4, -0.2) is 46.3 Å². The minimum Gasteiger partial charge on any atom is -0.391 e. The molecule has 0 bridgehead atoms. The Morgan fingerprint density at radius 3 is 3.00 bits per heavy atom. The van der Waals surface area contributed by atoms with Gasteiger partial charge in [-0.25, -0.2) is 4.98 Å². The summed E-state index contributed by atoms with van der Waals surface area (Å²) in [6.45, 7) is 4.15. The third-order valence-corrected chi connectivity index (χ3v) is 4.22. The number of hydrogen-bond acceptors (Lipinski definition) is 4. The quantitative estimate of drug-likeness (QED) is 0.742. The Hall–Kier alpha value is -1.92. The highest BCUT2D eigenvalue weighted by Gasteiger charge is 2.25. The summed E-state index contributed by atoms with van der Waals surface area (Å²) in [6.07, 6.45) is 0.410. The summed E-state index contributed by atoms with van der Waals surface area (Å²) in [4.78, 5) is 16.8. The maximum absolute atomic E-state index is 12.2. The molecule has 3 N–H and O–H groups in total. The number of rotatable bonds is 5. The third-order valence-electron chi connectivity index (χ3n) is 4.22. The van der Waals surface area contributed by atoms with Crippen molar-refractivity contribution in [2.45, 2.75) is 26.0 Å². The van der Waals surface area contributed by atoms with Gasteiger partial charge in [0.25, 0.3) is 0 Å². The summed E-state index contributed by atoms with van der Waals surface area (Å²) in [5.74, 6) is 0.963. The van der Waals surface area contributed by atoms with Crippen LogP contribution in [0.2, 0.25) is 0 Å². The van der Waals surface area contributed by atoms with Crippen LogP contribution in [0.5, 0.6) is 0 Å². The molecule has 1 fully saturated rings. The molecule has 2 atom stereocenters. The van der Waals surface area contributed by atoms with Gasteiger partial charge in [0.05, 0.1) is 17.1 Å². The fraction of sp³-hybridized carbons (Fsp3) is 0.500. The molecule has 0 spiro atoms. The van der Waals surface area contributed by atoms with Gasteiger partial charge < -0.3 is 20.3 Å². The number of fused-ring (bicyclic) bond motifs is 1. The number of benzene rings is 1. The number of nitrogens with one attached hydrogen (secondary N) is 2. The van der Waals surface area contributed by atoms with Crippen molar-refractivity contribution in [2.24, 2.45) is 5.92 Å². The molecule has 1 aliphatic heterocycles. The van der Waals surface area contributed by atoms with Crippen molar-refractivity contribution < 1.29 is 9.90 Å². The Morgan fingerprint density at radius 2 is 2.27 bits per heavy atom. The van der Waals surface area contributed by atoms with Crippen molar-refractivity contribution in [2.75, 3.05) is 19.6 Å². The summed E-state index contributed by atoms with van der Waals surface area (Å²) >= 11 is 0. The predicted molar refractivity (Wildman–Crippen MR) is 84.5 cm³/mol. The lowest BCUT2D eigenvalue weighted by Crippen LogP contribution is -2.36. The van der Waals surface area contributed by atoms with E-state index in [1.807, 2.05) is 35.8 Å². The van der Waals surface area contributed by atoms with Crippen molar-refractivity contribution >= 4 is 16.9 Å². The van der Waals surface area contributed by atoms with Crippen molar-refractivity contribution in [3.8, 4) is 0 Å². The number of amides is 1. The fourth-order valence-corrected chi connectivity index (χ4v) is 2.94. The molecule has 0 unspecified atom stereocenters. The molecule has 6 heteroatoms. The molecule has 2 aromatic rings. The number of aliphatic hydroxyl groups is 1. The monoisotopic (exact) mass is 302 g/mol. The molecule has 3 rings (SSSR count). The number of aromatic nitrogens is 2. The van der Waals surface area contributed by atoms with Crippen molar-refractivity contribution in [3.05, 3.63) is 30.1 Å². The summed E-state index contributed by atoms with van der Waals surface area (Å²) in [6, 6.07) is 7.86. The number of para-hydroxylation sites is 2. The van der Waals surface area contributed by atoms with Crippen LogP contribution in [-0.2, 0) is 17.8 Å². The second-order valence-electron chi connectivity index (χ2n) is 5.75. The molecule has 1 aromatic carbocycles. The highest BCUT2D eigenvalue weighted by atomic mass is 16.3. The number of imidazole rings is 1. The SMILES string of the molecule is CCc1nc2ccccc2n1CC(=O)NC[C@H]1CNC[C@@H]1O. The van der Waals surface area contributed by atoms with E-state index in [0.717, 1.165) is 29.8 Å². The van der Waals surface area contributed by atoms with Gasteiger partial charge in [0, 0.05) is 32.0 Å². The van der Waals surface area contributed by atoms with Crippen molar-refractivity contribution in [3.63, 3.8) is 0 Å². The first-order chi connectivity index (χ1) is 10.7. The van der Waals surface area contributed by atoms with Gasteiger partial charge in [0.1, 0.15) is 12.4 Å². The summed E-state index contributed by atoms with van der Waals surface area (Å²) in [5.41, 5.74) is 1.90. The van der Waals surface area contributed by atoms with Crippen molar-refractivity contribution in [1.29, 1.82) is 0 Å². The number of nitrogens with zero attached hydrogens (tertiary/aromatic N) is 2. The van der Waals surface area contributed by atoms with Gasteiger partial charge in [0.2, 0.25) is 5.91 Å². The molecule has 0 saturated carbocycles. The van der Waals surface area contributed by atoms with E-state index in [9.17, 15) is 9.90 Å². The van der Waals surface area contributed by atoms with E-state index in [4.69, 9.17) is 0 Å². The minimum absolute atomic E-state index is 0.0445. The largest absolute Gasteiger partial charge is 0.391 e. The Balaban J connectivity index is 1.68. The molecule has 2 heterocycles. The van der Waals surface area contributed by atoms with Crippen LogP contribution in [0, 0.1) is 5.92 Å². The van der Waals surface area contributed by atoms with E-state index in [1.54, 1.807) is 0 Å². The van der Waals surface area contributed by atoms with E-state index in [2.05, 4.69) is 15.6 Å². The predicted octanol–water partition coefficient (Wildman–Crippen LogP) is 0.295. The third kappa shape index (κ3) is 2.98. The van der Waals surface area contributed by atoms with Crippen LogP contribution < -0.4 is 10.6 Å². The van der Waals surface area contributed by atoms with Gasteiger partial charge >= 0.3 is 0 Å². The van der Waals surface area contributed by atoms with Crippen molar-refractivity contribution in [1.82, 2.24) is 20.2 Å². The van der Waals surface area contributed by atoms with E-state index < -0.39 is 0 Å². The normalized spacial score (nSPS) is 21.4. The molecule has 6 nitrogen and oxygen atoms in total. The molecular weight excluding hydrogens is 280 g/mol. The number of carbonyl (C=O) groups excluding carboxylic acids is 1. The Kier molecular flexibility index (Phi) is 4.40. The van der Waals surface area contributed by atoms with Crippen LogP contribution in [0.15, 0.2) is 24.3 Å². The van der Waals surface area contributed by atoms with Crippen LogP contribution in [0.4, 0.5) is 0 Å². The lowest BCUT2D eigenvalue weighted by Gasteiger charge is -2.15. The minimum atomic E-state index is -0.374. The number of carbonyl (C=O) groups is 1. The molecule has 0 aliphatic carbocycles. The zero-order chi connectivity index (χ0) is 15.5. The lowest BCUT2D eigenvalue weighted by molar-refractivity contribution is -0.121. The first kappa shape index (κ1) is 15.0. The van der Waals surface area contributed by atoms with E-state index >= 15 is 0 Å². The van der Waals surface area contributed by atoms with Crippen LogP contribution in [0.3, 0.4) is 0 Å². The van der Waals surface area contributed by atoms with Crippen LogP contribution >= 0.6 is 0 Å². The number of aliphatic hydroxyl groups excluding tert-OH is 1. The van der Waals surface area contributed by atoms with Crippen LogP contribution in [0.25, 0.3) is 11.0 Å². The standard InChI is InChI=1S/C16H22N4O2/c1-2-15-19-12-5-3-4-6-13(12)20(15)10-16(22)18-8-11-7-17-9-14(11)21/h3-6,11,14,17,21H,2,7-10H2,1H3,(H,18,22)/t11-,14+/m1/s1. The average molecular weight is 302 g/mol. The zero-order valence-corrected chi connectivity index (χ0v) is 12.7. The van der Waals surface area contributed by atoms with Gasteiger partial charge in [-0.05, 0) is 12.1 Å². The highest BCUT2D eigenvalue weighted by Crippen LogP contribution is 2.16. The second-order valence-corrected chi connectivity index (χ2v) is 5.75. The maximum atomic E-state index is 12.2. The average Bonchev–Trinajstić information content (AvgIpc) is 3.09. The van der Waals surface area contributed by atoms with Gasteiger partial charge in [0.15, 0.2) is 0 Å². The lowest BCUT2D eigenvalue weighted by atomic mass is 10.1. The zero-order valence-electron chi connectivity index (χ0n) is 12.7. The van der Waals surface area contributed by atoms with E-state index in [1.165, 1.54) is 0 Å². The summed E-state index contributed by atoms with van der Waals surface area (Å²) < 4.78 is 1.97. The van der Waals surface area contributed by atoms with Gasteiger partial charge in [-0.3, -0.25) is 4.79 Å². The Bertz CT molecular complexity index is 667. The number of β-amino-alcohol motifs (C(OH)–C–C–N with tert-alkyl or cyclic N) is 1. The smallest absolute Gasteiger partial charge is 0.240 e. The Morgan fingerprint density at radius 1 is 1.45 bits per heavy atom. The summed E-state index contributed by atoms with van der Waals surface area (Å²) in [7, 11) is 0. The van der Waals surface area contributed by atoms with E-state index in [0.29, 0.717) is 13.1 Å². The second kappa shape index (κ2) is 6.46. The number of aryl methyl sites for hydroxylation is 1. The molecule has 1 amide bonds. The molecule has 1 saturated heterocycles. The molecular formula is C16H22N4O2. The van der Waals surface area contributed by atoms with Gasteiger partial charge in [-0.1, -0.05) is 19.1 Å². The van der Waals surface area contributed by atoms with Crippen LogP contribution in [0.1, 0.15) is 12.7 Å². The van der Waals surface area contributed by atoms with Gasteiger partial charge in [-0.2, -0.15) is 0 Å².